The molecule has 0 unspecified atom stereocenters. The van der Waals surface area contributed by atoms with Gasteiger partial charge in [0.1, 0.15) is 11.6 Å². The Balaban J connectivity index is 2.14. The molecule has 96 valence electrons. The largest absolute Gasteiger partial charge is 0.444 e. The van der Waals surface area contributed by atoms with E-state index in [1.165, 1.54) is 0 Å². The molecule has 5 heteroatoms. The van der Waals surface area contributed by atoms with Crippen LogP contribution in [0.25, 0.3) is 0 Å². The number of carbonyl (C=O) groups is 2. The zero-order valence-corrected chi connectivity index (χ0v) is 12.6. The van der Waals surface area contributed by atoms with Crippen LogP contribution in [-0.4, -0.2) is 32.5 Å². The Labute approximate surface area is 115 Å². The Hall–Kier alpha value is -0.330. The Morgan fingerprint density at radius 3 is 2.47 bits per heavy atom. The zero-order valence-electron chi connectivity index (χ0n) is 10.4. The first-order valence-electron chi connectivity index (χ1n) is 6.00. The lowest BCUT2D eigenvalue weighted by Gasteiger charge is -2.34. The first-order chi connectivity index (χ1) is 7.79. The van der Waals surface area contributed by atoms with Gasteiger partial charge in [0, 0.05) is 28.6 Å². The number of fused-ring (bicyclic) bond motifs is 2. The Kier molecular flexibility index (Phi) is 3.40. The second-order valence-corrected chi connectivity index (χ2v) is 6.93. The van der Waals surface area contributed by atoms with Gasteiger partial charge in [0.05, 0.1) is 0 Å². The maximum Gasteiger partial charge on any atom is 0.411 e. The van der Waals surface area contributed by atoms with Gasteiger partial charge in [0.15, 0.2) is 0 Å². The number of halogens is 1. The van der Waals surface area contributed by atoms with Crippen LogP contribution in [0.15, 0.2) is 0 Å². The number of hydrogen-bond acceptors (Lipinski definition) is 3. The quantitative estimate of drug-likeness (QED) is 0.539. The summed E-state index contributed by atoms with van der Waals surface area (Å²) in [4.78, 5) is 25.4. The average molecular weight is 351 g/mol. The van der Waals surface area contributed by atoms with Crippen molar-refractivity contribution in [1.29, 1.82) is 0 Å². The standard InChI is InChI=1S/C12H18INO3/c1-12(2,3)17-11(16)14-8-5-4-7(6-8)9(14)10(13)15/h7-9H,4-6H2,1-3H3/t7-,8+,9-/m0/s1. The molecule has 1 aliphatic heterocycles. The van der Waals surface area contributed by atoms with E-state index in [4.69, 9.17) is 4.74 Å². The van der Waals surface area contributed by atoms with E-state index in [-0.39, 0.29) is 22.0 Å². The molecule has 0 spiro atoms. The van der Waals surface area contributed by atoms with Gasteiger partial charge in [-0.15, -0.1) is 0 Å². The molecule has 2 aliphatic rings. The van der Waals surface area contributed by atoms with E-state index in [1.54, 1.807) is 27.5 Å². The minimum absolute atomic E-state index is 0.0562. The Bertz CT molecular complexity index is 350. The van der Waals surface area contributed by atoms with E-state index in [0.717, 1.165) is 19.3 Å². The molecular weight excluding hydrogens is 333 g/mol. The number of ether oxygens (including phenoxy) is 1. The second-order valence-electron chi connectivity index (χ2n) is 5.86. The van der Waals surface area contributed by atoms with Crippen LogP contribution in [0.3, 0.4) is 0 Å². The molecule has 0 aromatic carbocycles. The summed E-state index contributed by atoms with van der Waals surface area (Å²) in [5.41, 5.74) is -0.502. The number of hydrogen-bond donors (Lipinski definition) is 0. The van der Waals surface area contributed by atoms with Gasteiger partial charge in [-0.3, -0.25) is 9.69 Å². The summed E-state index contributed by atoms with van der Waals surface area (Å²) in [5, 5.41) is 0. The molecule has 0 N–H and O–H groups in total. The third-order valence-corrected chi connectivity index (χ3v) is 4.06. The van der Waals surface area contributed by atoms with E-state index in [1.807, 2.05) is 20.8 Å². The maximum atomic E-state index is 12.1. The van der Waals surface area contributed by atoms with Crippen LogP contribution in [0, 0.1) is 5.92 Å². The van der Waals surface area contributed by atoms with Crippen LogP contribution in [-0.2, 0) is 9.53 Å². The minimum Gasteiger partial charge on any atom is -0.444 e. The van der Waals surface area contributed by atoms with Crippen molar-refractivity contribution >= 4 is 32.5 Å². The van der Waals surface area contributed by atoms with Crippen LogP contribution < -0.4 is 0 Å². The topological polar surface area (TPSA) is 46.6 Å². The molecule has 17 heavy (non-hydrogen) atoms. The van der Waals surface area contributed by atoms with Crippen LogP contribution in [0.1, 0.15) is 40.0 Å². The Morgan fingerprint density at radius 2 is 1.94 bits per heavy atom. The molecule has 1 saturated heterocycles. The normalized spacial score (nSPS) is 31.8. The monoisotopic (exact) mass is 351 g/mol. The molecule has 1 saturated carbocycles. The molecule has 0 radical (unpaired) electrons. The van der Waals surface area contributed by atoms with Crippen LogP contribution in [0.4, 0.5) is 4.79 Å². The van der Waals surface area contributed by atoms with Gasteiger partial charge in [0.25, 0.3) is 0 Å². The molecule has 2 fully saturated rings. The second kappa shape index (κ2) is 4.40. The van der Waals surface area contributed by atoms with Gasteiger partial charge in [-0.2, -0.15) is 0 Å². The van der Waals surface area contributed by atoms with E-state index in [2.05, 4.69) is 0 Å². The van der Waals surface area contributed by atoms with Crippen molar-refractivity contribution in [2.75, 3.05) is 0 Å². The van der Waals surface area contributed by atoms with Gasteiger partial charge in [-0.25, -0.2) is 4.79 Å². The fourth-order valence-electron chi connectivity index (χ4n) is 2.86. The van der Waals surface area contributed by atoms with E-state index in [0.29, 0.717) is 5.92 Å². The van der Waals surface area contributed by atoms with Gasteiger partial charge in [0.2, 0.25) is 3.79 Å². The number of rotatable bonds is 1. The lowest BCUT2D eigenvalue weighted by molar-refractivity contribution is -0.115. The Morgan fingerprint density at radius 1 is 1.29 bits per heavy atom. The molecule has 3 atom stereocenters. The first-order valence-corrected chi connectivity index (χ1v) is 7.08. The highest BCUT2D eigenvalue weighted by atomic mass is 127. The fourth-order valence-corrected chi connectivity index (χ4v) is 3.67. The van der Waals surface area contributed by atoms with E-state index in [9.17, 15) is 9.59 Å². The highest BCUT2D eigenvalue weighted by molar-refractivity contribution is 14.1. The average Bonchev–Trinajstić information content (AvgIpc) is 2.72. The highest BCUT2D eigenvalue weighted by Crippen LogP contribution is 2.44. The van der Waals surface area contributed by atoms with Crippen molar-refractivity contribution in [3.05, 3.63) is 0 Å². The van der Waals surface area contributed by atoms with Gasteiger partial charge < -0.3 is 4.74 Å². The first kappa shape index (κ1) is 13.1. The molecule has 2 rings (SSSR count). The van der Waals surface area contributed by atoms with Crippen LogP contribution in [0.5, 0.6) is 0 Å². The van der Waals surface area contributed by atoms with Crippen molar-refractivity contribution in [3.8, 4) is 0 Å². The third-order valence-electron chi connectivity index (χ3n) is 3.42. The number of amides is 1. The summed E-state index contributed by atoms with van der Waals surface area (Å²) < 4.78 is 5.44. The van der Waals surface area contributed by atoms with Gasteiger partial charge in [-0.05, 0) is 46.0 Å². The summed E-state index contributed by atoms with van der Waals surface area (Å²) in [6.45, 7) is 5.54. The number of piperidine rings is 1. The minimum atomic E-state index is -0.502. The number of nitrogens with zero attached hydrogens (tertiary/aromatic N) is 1. The molecule has 4 nitrogen and oxygen atoms in total. The van der Waals surface area contributed by atoms with Crippen molar-refractivity contribution in [2.24, 2.45) is 5.92 Å². The predicted molar refractivity (Wildman–Crippen MR) is 72.0 cm³/mol. The fraction of sp³-hybridized carbons (Fsp3) is 0.833. The lowest BCUT2D eigenvalue weighted by Crippen LogP contribution is -2.49. The van der Waals surface area contributed by atoms with Crippen LogP contribution in [0.2, 0.25) is 0 Å². The summed E-state index contributed by atoms with van der Waals surface area (Å²) in [6, 6.07) is -0.0530. The molecule has 1 aliphatic carbocycles. The number of carbonyl (C=O) groups excluding carboxylic acids is 2. The summed E-state index contributed by atoms with van der Waals surface area (Å²) in [6.07, 6.45) is 2.69. The zero-order chi connectivity index (χ0) is 12.8. The molecule has 0 aromatic rings. The van der Waals surface area contributed by atoms with Crippen molar-refractivity contribution in [1.82, 2.24) is 4.90 Å². The molecule has 2 bridgehead atoms. The van der Waals surface area contributed by atoms with Crippen molar-refractivity contribution in [3.63, 3.8) is 0 Å². The van der Waals surface area contributed by atoms with Gasteiger partial charge >= 0.3 is 6.09 Å². The van der Waals surface area contributed by atoms with Gasteiger partial charge in [-0.1, -0.05) is 0 Å². The van der Waals surface area contributed by atoms with E-state index < -0.39 is 5.60 Å². The predicted octanol–water partition coefficient (Wildman–Crippen LogP) is 2.74. The maximum absolute atomic E-state index is 12.1. The highest BCUT2D eigenvalue weighted by Gasteiger charge is 2.51. The molecular formula is C12H18INO3. The molecule has 0 aromatic heterocycles. The lowest BCUT2D eigenvalue weighted by atomic mass is 10.0. The van der Waals surface area contributed by atoms with E-state index >= 15 is 0 Å². The van der Waals surface area contributed by atoms with Crippen molar-refractivity contribution < 1.29 is 14.3 Å². The summed E-state index contributed by atoms with van der Waals surface area (Å²) in [5.74, 6) is 0.344. The third kappa shape index (κ3) is 2.58. The van der Waals surface area contributed by atoms with Crippen molar-refractivity contribution in [2.45, 2.75) is 57.7 Å². The molecule has 1 amide bonds. The summed E-state index contributed by atoms with van der Waals surface area (Å²) >= 11 is 1.80. The smallest absolute Gasteiger partial charge is 0.411 e. The van der Waals surface area contributed by atoms with Crippen LogP contribution >= 0.6 is 22.6 Å². The summed E-state index contributed by atoms with van der Waals surface area (Å²) in [7, 11) is 0. The molecule has 1 heterocycles. The SMILES string of the molecule is CC(C)(C)OC(=O)N1[C@@H]2CC[C@@H](C2)[C@H]1C(=O)I. The number of likely N-dealkylation sites (tertiary alicyclic amines) is 1.